The molecule has 0 aliphatic heterocycles. The summed E-state index contributed by atoms with van der Waals surface area (Å²) in [5, 5.41) is 5.69. The molecule has 0 aliphatic rings. The lowest BCUT2D eigenvalue weighted by Crippen LogP contribution is -2.46. The largest absolute Gasteiger partial charge is 0.450 e. The van der Waals surface area contributed by atoms with Crippen molar-refractivity contribution in [2.45, 2.75) is 26.9 Å². The number of ether oxygens (including phenoxy) is 1. The van der Waals surface area contributed by atoms with Gasteiger partial charge in [-0.15, -0.1) is 0 Å². The SMILES string of the molecule is CCOC(=O)N[C@H](Nc1ccc(C)cc1C)C(=O)c1ccccc1. The number of amides is 1. The van der Waals surface area contributed by atoms with Crippen LogP contribution in [0.3, 0.4) is 0 Å². The van der Waals surface area contributed by atoms with E-state index in [1.807, 2.05) is 38.1 Å². The van der Waals surface area contributed by atoms with Gasteiger partial charge in [-0.25, -0.2) is 4.79 Å². The summed E-state index contributed by atoms with van der Waals surface area (Å²) in [6.07, 6.45) is -1.54. The topological polar surface area (TPSA) is 67.4 Å². The van der Waals surface area contributed by atoms with Gasteiger partial charge < -0.3 is 10.1 Å². The number of alkyl carbamates (subject to hydrolysis) is 1. The first-order chi connectivity index (χ1) is 11.5. The van der Waals surface area contributed by atoms with Crippen molar-refractivity contribution in [3.63, 3.8) is 0 Å². The van der Waals surface area contributed by atoms with Crippen LogP contribution in [0.5, 0.6) is 0 Å². The number of anilines is 1. The molecule has 0 spiro atoms. The zero-order valence-electron chi connectivity index (χ0n) is 14.1. The zero-order chi connectivity index (χ0) is 17.5. The normalized spacial score (nSPS) is 11.5. The third-order valence-corrected chi connectivity index (χ3v) is 3.54. The first-order valence-electron chi connectivity index (χ1n) is 7.87. The molecule has 126 valence electrons. The Morgan fingerprint density at radius 1 is 1.08 bits per heavy atom. The number of ketones is 1. The van der Waals surface area contributed by atoms with Crippen molar-refractivity contribution in [3.05, 3.63) is 65.2 Å². The predicted octanol–water partition coefficient (Wildman–Crippen LogP) is 3.67. The highest BCUT2D eigenvalue weighted by atomic mass is 16.5. The van der Waals surface area contributed by atoms with Gasteiger partial charge in [-0.05, 0) is 32.4 Å². The molecule has 0 aliphatic carbocycles. The lowest BCUT2D eigenvalue weighted by atomic mass is 10.1. The van der Waals surface area contributed by atoms with Crippen molar-refractivity contribution < 1.29 is 14.3 Å². The number of Topliss-reactive ketones (excluding diaryl/α,β-unsaturated/α-hetero) is 1. The summed E-state index contributed by atoms with van der Waals surface area (Å²) < 4.78 is 4.90. The molecule has 0 aromatic heterocycles. The second-order valence-electron chi connectivity index (χ2n) is 5.49. The van der Waals surface area contributed by atoms with Crippen LogP contribution in [0.15, 0.2) is 48.5 Å². The van der Waals surface area contributed by atoms with E-state index < -0.39 is 12.3 Å². The molecule has 0 unspecified atom stereocenters. The molecular formula is C19H22N2O3. The van der Waals surface area contributed by atoms with Crippen LogP contribution in [0.2, 0.25) is 0 Å². The summed E-state index contributed by atoms with van der Waals surface area (Å²) in [4.78, 5) is 24.5. The van der Waals surface area contributed by atoms with E-state index in [9.17, 15) is 9.59 Å². The number of benzene rings is 2. The Bertz CT molecular complexity index is 714. The highest BCUT2D eigenvalue weighted by Crippen LogP contribution is 2.18. The number of nitrogens with one attached hydrogen (secondary N) is 2. The lowest BCUT2D eigenvalue weighted by Gasteiger charge is -2.21. The fourth-order valence-electron chi connectivity index (χ4n) is 2.36. The standard InChI is InChI=1S/C19H22N2O3/c1-4-24-19(23)21-18(17(22)15-8-6-5-7-9-15)20-16-11-10-13(2)12-14(16)3/h5-12,18,20H,4H2,1-3H3,(H,21,23)/t18-/m0/s1. The Morgan fingerprint density at radius 2 is 1.79 bits per heavy atom. The first kappa shape index (κ1) is 17.5. The third-order valence-electron chi connectivity index (χ3n) is 3.54. The van der Waals surface area contributed by atoms with E-state index in [0.717, 1.165) is 16.8 Å². The van der Waals surface area contributed by atoms with E-state index in [0.29, 0.717) is 5.56 Å². The van der Waals surface area contributed by atoms with E-state index >= 15 is 0 Å². The number of hydrogen-bond donors (Lipinski definition) is 2. The van der Waals surface area contributed by atoms with Gasteiger partial charge in [0.1, 0.15) is 0 Å². The average molecular weight is 326 g/mol. The fourth-order valence-corrected chi connectivity index (χ4v) is 2.36. The van der Waals surface area contributed by atoms with Crippen molar-refractivity contribution >= 4 is 17.6 Å². The Labute approximate surface area is 142 Å². The van der Waals surface area contributed by atoms with Gasteiger partial charge in [0.05, 0.1) is 6.61 Å². The molecule has 0 bridgehead atoms. The smallest absolute Gasteiger partial charge is 0.409 e. The van der Waals surface area contributed by atoms with Crippen molar-refractivity contribution in [2.75, 3.05) is 11.9 Å². The van der Waals surface area contributed by atoms with Gasteiger partial charge in [0.25, 0.3) is 0 Å². The third kappa shape index (κ3) is 4.59. The molecule has 2 aromatic rings. The Hall–Kier alpha value is -2.82. The van der Waals surface area contributed by atoms with Crippen molar-refractivity contribution in [1.29, 1.82) is 0 Å². The van der Waals surface area contributed by atoms with Crippen LogP contribution < -0.4 is 10.6 Å². The van der Waals surface area contributed by atoms with Crippen LogP contribution >= 0.6 is 0 Å². The predicted molar refractivity (Wildman–Crippen MR) is 94.3 cm³/mol. The highest BCUT2D eigenvalue weighted by Gasteiger charge is 2.23. The van der Waals surface area contributed by atoms with Gasteiger partial charge in [0.15, 0.2) is 6.17 Å². The van der Waals surface area contributed by atoms with E-state index in [1.165, 1.54) is 0 Å². The maximum Gasteiger partial charge on any atom is 0.409 e. The van der Waals surface area contributed by atoms with E-state index in [2.05, 4.69) is 10.6 Å². The molecule has 1 amide bonds. The van der Waals surface area contributed by atoms with E-state index in [-0.39, 0.29) is 12.4 Å². The average Bonchev–Trinajstić information content (AvgIpc) is 2.57. The second-order valence-corrected chi connectivity index (χ2v) is 5.49. The first-order valence-corrected chi connectivity index (χ1v) is 7.87. The Morgan fingerprint density at radius 3 is 2.42 bits per heavy atom. The monoisotopic (exact) mass is 326 g/mol. The molecule has 1 atom stereocenters. The van der Waals surface area contributed by atoms with E-state index in [1.54, 1.807) is 31.2 Å². The van der Waals surface area contributed by atoms with Gasteiger partial charge in [-0.1, -0.05) is 48.0 Å². The van der Waals surface area contributed by atoms with Gasteiger partial charge in [0.2, 0.25) is 5.78 Å². The second kappa shape index (κ2) is 8.15. The van der Waals surface area contributed by atoms with Gasteiger partial charge in [-0.2, -0.15) is 0 Å². The molecule has 2 aromatic carbocycles. The molecule has 24 heavy (non-hydrogen) atoms. The molecule has 5 nitrogen and oxygen atoms in total. The summed E-state index contributed by atoms with van der Waals surface area (Å²) in [6.45, 7) is 5.90. The summed E-state index contributed by atoms with van der Waals surface area (Å²) in [5.74, 6) is -0.233. The van der Waals surface area contributed by atoms with Crippen molar-refractivity contribution in [3.8, 4) is 0 Å². The number of aryl methyl sites for hydroxylation is 2. The summed E-state index contributed by atoms with van der Waals surface area (Å²) in [5.41, 5.74) is 3.41. The van der Waals surface area contributed by atoms with Crippen LogP contribution in [-0.2, 0) is 4.74 Å². The van der Waals surface area contributed by atoms with E-state index in [4.69, 9.17) is 4.74 Å². The summed E-state index contributed by atoms with van der Waals surface area (Å²) in [6, 6.07) is 14.7. The number of hydrogen-bond acceptors (Lipinski definition) is 4. The van der Waals surface area contributed by atoms with Gasteiger partial charge in [-0.3, -0.25) is 10.1 Å². The molecule has 2 rings (SSSR count). The number of carbonyl (C=O) groups is 2. The molecule has 0 radical (unpaired) electrons. The molecule has 0 heterocycles. The maximum absolute atomic E-state index is 12.7. The lowest BCUT2D eigenvalue weighted by molar-refractivity contribution is 0.0938. The zero-order valence-corrected chi connectivity index (χ0v) is 14.1. The summed E-state index contributed by atoms with van der Waals surface area (Å²) in [7, 11) is 0. The number of rotatable bonds is 6. The van der Waals surface area contributed by atoms with Crippen molar-refractivity contribution in [2.24, 2.45) is 0 Å². The summed E-state index contributed by atoms with van der Waals surface area (Å²) >= 11 is 0. The molecule has 0 saturated carbocycles. The molecular weight excluding hydrogens is 304 g/mol. The maximum atomic E-state index is 12.7. The Kier molecular flexibility index (Phi) is 5.95. The quantitative estimate of drug-likeness (QED) is 0.628. The minimum absolute atomic E-state index is 0.233. The molecule has 0 fully saturated rings. The van der Waals surface area contributed by atoms with Crippen molar-refractivity contribution in [1.82, 2.24) is 5.32 Å². The fraction of sp³-hybridized carbons (Fsp3) is 0.263. The Balaban J connectivity index is 2.25. The minimum atomic E-state index is -0.909. The molecule has 5 heteroatoms. The molecule has 0 saturated heterocycles. The number of carbonyl (C=O) groups excluding carboxylic acids is 2. The van der Waals surface area contributed by atoms with Gasteiger partial charge >= 0.3 is 6.09 Å². The minimum Gasteiger partial charge on any atom is -0.450 e. The van der Waals surface area contributed by atoms with Crippen LogP contribution in [0.4, 0.5) is 10.5 Å². The van der Waals surface area contributed by atoms with Gasteiger partial charge in [0, 0.05) is 11.3 Å². The highest BCUT2D eigenvalue weighted by molar-refractivity contribution is 6.02. The van der Waals surface area contributed by atoms with Crippen LogP contribution in [-0.4, -0.2) is 24.6 Å². The molecule has 2 N–H and O–H groups in total. The van der Waals surface area contributed by atoms with Crippen LogP contribution in [0, 0.1) is 13.8 Å². The van der Waals surface area contributed by atoms with Crippen LogP contribution in [0.1, 0.15) is 28.4 Å². The van der Waals surface area contributed by atoms with Crippen LogP contribution in [0.25, 0.3) is 0 Å².